The second-order valence-electron chi connectivity index (χ2n) is 2.48. The van der Waals surface area contributed by atoms with Crippen LogP contribution in [-0.2, 0) is 6.42 Å². The molecule has 0 radical (unpaired) electrons. The van der Waals surface area contributed by atoms with E-state index in [-0.39, 0.29) is 18.2 Å². The summed E-state index contributed by atoms with van der Waals surface area (Å²) >= 11 is 0. The average molecular weight is 190 g/mol. The van der Waals surface area contributed by atoms with Crippen molar-refractivity contribution in [1.29, 1.82) is 0 Å². The van der Waals surface area contributed by atoms with Crippen molar-refractivity contribution in [3.05, 3.63) is 35.6 Å². The van der Waals surface area contributed by atoms with Crippen molar-refractivity contribution in [2.45, 2.75) is 6.42 Å². The molecule has 3 heteroatoms. The van der Waals surface area contributed by atoms with Crippen LogP contribution in [0.15, 0.2) is 24.3 Å². The highest BCUT2D eigenvalue weighted by Crippen LogP contribution is 2.02. The SMILES string of the molecule is CNCCc1cccc(F)c1.Cl. The van der Waals surface area contributed by atoms with Crippen LogP contribution in [0.3, 0.4) is 0 Å². The Hall–Kier alpha value is -0.600. The lowest BCUT2D eigenvalue weighted by Crippen LogP contribution is -2.10. The summed E-state index contributed by atoms with van der Waals surface area (Å²) in [7, 11) is 1.89. The van der Waals surface area contributed by atoms with Crippen LogP contribution in [0, 0.1) is 5.82 Å². The van der Waals surface area contributed by atoms with Crippen molar-refractivity contribution in [2.24, 2.45) is 0 Å². The van der Waals surface area contributed by atoms with Crippen LogP contribution in [0.25, 0.3) is 0 Å². The first-order chi connectivity index (χ1) is 5.33. The van der Waals surface area contributed by atoms with Crippen molar-refractivity contribution < 1.29 is 4.39 Å². The molecule has 1 aromatic carbocycles. The van der Waals surface area contributed by atoms with Gasteiger partial charge < -0.3 is 5.32 Å². The van der Waals surface area contributed by atoms with Crippen LogP contribution in [0.4, 0.5) is 4.39 Å². The van der Waals surface area contributed by atoms with Crippen LogP contribution in [0.5, 0.6) is 0 Å². The van der Waals surface area contributed by atoms with E-state index in [0.29, 0.717) is 0 Å². The van der Waals surface area contributed by atoms with Gasteiger partial charge in [0.25, 0.3) is 0 Å². The molecule has 1 aromatic rings. The molecular weight excluding hydrogens is 177 g/mol. The van der Waals surface area contributed by atoms with Gasteiger partial charge in [-0.2, -0.15) is 0 Å². The van der Waals surface area contributed by atoms with E-state index in [1.54, 1.807) is 12.1 Å². The predicted molar refractivity (Wildman–Crippen MR) is 51.3 cm³/mol. The normalized spacial score (nSPS) is 9.17. The number of hydrogen-bond acceptors (Lipinski definition) is 1. The molecule has 0 unspecified atom stereocenters. The topological polar surface area (TPSA) is 12.0 Å². The summed E-state index contributed by atoms with van der Waals surface area (Å²) in [6, 6.07) is 6.70. The second kappa shape index (κ2) is 5.98. The van der Waals surface area contributed by atoms with Crippen LogP contribution < -0.4 is 5.32 Å². The van der Waals surface area contributed by atoms with E-state index in [4.69, 9.17) is 0 Å². The average Bonchev–Trinajstić information content (AvgIpc) is 2.01. The maximum atomic E-state index is 12.6. The molecule has 0 heterocycles. The van der Waals surface area contributed by atoms with Gasteiger partial charge in [-0.25, -0.2) is 4.39 Å². The maximum Gasteiger partial charge on any atom is 0.123 e. The first-order valence-corrected chi connectivity index (χ1v) is 3.72. The highest BCUT2D eigenvalue weighted by molar-refractivity contribution is 5.85. The summed E-state index contributed by atoms with van der Waals surface area (Å²) in [5.41, 5.74) is 1.04. The highest BCUT2D eigenvalue weighted by Gasteiger charge is 1.92. The minimum Gasteiger partial charge on any atom is -0.319 e. The van der Waals surface area contributed by atoms with Gasteiger partial charge in [-0.15, -0.1) is 12.4 Å². The fraction of sp³-hybridized carbons (Fsp3) is 0.333. The van der Waals surface area contributed by atoms with Gasteiger partial charge >= 0.3 is 0 Å². The Labute approximate surface area is 78.4 Å². The molecule has 0 aromatic heterocycles. The lowest BCUT2D eigenvalue weighted by Gasteiger charge is -1.99. The summed E-state index contributed by atoms with van der Waals surface area (Å²) in [5.74, 6) is -0.154. The summed E-state index contributed by atoms with van der Waals surface area (Å²) in [4.78, 5) is 0. The van der Waals surface area contributed by atoms with Crippen LogP contribution in [0.2, 0.25) is 0 Å². The summed E-state index contributed by atoms with van der Waals surface area (Å²) in [6.07, 6.45) is 0.883. The first kappa shape index (κ1) is 11.4. The molecule has 68 valence electrons. The fourth-order valence-corrected chi connectivity index (χ4v) is 0.962. The Balaban J connectivity index is 0.00000121. The van der Waals surface area contributed by atoms with Crippen LogP contribution in [0.1, 0.15) is 5.56 Å². The van der Waals surface area contributed by atoms with Crippen molar-refractivity contribution in [2.75, 3.05) is 13.6 Å². The molecule has 0 aliphatic heterocycles. The molecule has 0 spiro atoms. The monoisotopic (exact) mass is 189 g/mol. The van der Waals surface area contributed by atoms with E-state index in [2.05, 4.69) is 5.32 Å². The quantitative estimate of drug-likeness (QED) is 0.767. The minimum absolute atomic E-state index is 0. The standard InChI is InChI=1S/C9H12FN.ClH/c1-11-6-5-8-3-2-4-9(10)7-8;/h2-4,7,11H,5-6H2,1H3;1H. The van der Waals surface area contributed by atoms with Gasteiger partial charge in [-0.1, -0.05) is 12.1 Å². The Morgan fingerprint density at radius 1 is 1.42 bits per heavy atom. The molecule has 12 heavy (non-hydrogen) atoms. The maximum absolute atomic E-state index is 12.6. The van der Waals surface area contributed by atoms with Gasteiger partial charge in [0.2, 0.25) is 0 Å². The second-order valence-corrected chi connectivity index (χ2v) is 2.48. The zero-order valence-corrected chi connectivity index (χ0v) is 7.83. The third-order valence-electron chi connectivity index (χ3n) is 1.55. The van der Waals surface area contributed by atoms with E-state index >= 15 is 0 Å². The largest absolute Gasteiger partial charge is 0.319 e. The number of likely N-dealkylation sites (N-methyl/N-ethyl adjacent to an activating group) is 1. The van der Waals surface area contributed by atoms with Crippen molar-refractivity contribution in [1.82, 2.24) is 5.32 Å². The third kappa shape index (κ3) is 3.69. The number of rotatable bonds is 3. The predicted octanol–water partition coefficient (Wildman–Crippen LogP) is 2.01. The van der Waals surface area contributed by atoms with E-state index in [9.17, 15) is 4.39 Å². The molecule has 0 saturated carbocycles. The summed E-state index contributed by atoms with van der Waals surface area (Å²) in [6.45, 7) is 0.892. The third-order valence-corrected chi connectivity index (χ3v) is 1.55. The molecule has 0 bridgehead atoms. The summed E-state index contributed by atoms with van der Waals surface area (Å²) < 4.78 is 12.6. The van der Waals surface area contributed by atoms with Crippen molar-refractivity contribution in [3.63, 3.8) is 0 Å². The lowest BCUT2D eigenvalue weighted by atomic mass is 10.1. The Morgan fingerprint density at radius 3 is 2.75 bits per heavy atom. The Kier molecular flexibility index (Phi) is 5.68. The fourth-order valence-electron chi connectivity index (χ4n) is 0.962. The molecule has 1 N–H and O–H groups in total. The molecule has 1 rings (SSSR count). The van der Waals surface area contributed by atoms with E-state index in [1.165, 1.54) is 6.07 Å². The van der Waals surface area contributed by atoms with Gasteiger partial charge in [0.1, 0.15) is 5.82 Å². The molecule has 0 saturated heterocycles. The first-order valence-electron chi connectivity index (χ1n) is 3.72. The van der Waals surface area contributed by atoms with Gasteiger partial charge in [-0.3, -0.25) is 0 Å². The van der Waals surface area contributed by atoms with Crippen molar-refractivity contribution in [3.8, 4) is 0 Å². The molecule has 0 aliphatic carbocycles. The Morgan fingerprint density at radius 2 is 2.17 bits per heavy atom. The van der Waals surface area contributed by atoms with Gasteiger partial charge in [-0.05, 0) is 37.7 Å². The van der Waals surface area contributed by atoms with E-state index < -0.39 is 0 Å². The number of nitrogens with one attached hydrogen (secondary N) is 1. The zero-order valence-electron chi connectivity index (χ0n) is 7.01. The molecule has 0 amide bonds. The minimum atomic E-state index is -0.154. The van der Waals surface area contributed by atoms with Gasteiger partial charge in [0, 0.05) is 0 Å². The van der Waals surface area contributed by atoms with Crippen LogP contribution in [-0.4, -0.2) is 13.6 Å². The molecule has 1 nitrogen and oxygen atoms in total. The number of halogens is 2. The van der Waals surface area contributed by atoms with E-state index in [0.717, 1.165) is 18.5 Å². The zero-order chi connectivity index (χ0) is 8.10. The van der Waals surface area contributed by atoms with E-state index in [1.807, 2.05) is 13.1 Å². The molecule has 0 fully saturated rings. The smallest absolute Gasteiger partial charge is 0.123 e. The molecular formula is C9H13ClFN. The van der Waals surface area contributed by atoms with Gasteiger partial charge in [0.15, 0.2) is 0 Å². The Bertz CT molecular complexity index is 228. The number of benzene rings is 1. The van der Waals surface area contributed by atoms with Crippen LogP contribution >= 0.6 is 12.4 Å². The van der Waals surface area contributed by atoms with Crippen molar-refractivity contribution >= 4 is 12.4 Å². The summed E-state index contributed by atoms with van der Waals surface area (Å²) in [5, 5.41) is 3.01. The lowest BCUT2D eigenvalue weighted by molar-refractivity contribution is 0.624. The molecule has 0 atom stereocenters. The number of hydrogen-bond donors (Lipinski definition) is 1. The molecule has 0 aliphatic rings. The highest BCUT2D eigenvalue weighted by atomic mass is 35.5. The van der Waals surface area contributed by atoms with Gasteiger partial charge in [0.05, 0.1) is 0 Å².